The smallest absolute Gasteiger partial charge is 0.249 e. The molecule has 4 aliphatic rings. The minimum Gasteiger partial charge on any atom is -0.366 e. The van der Waals surface area contributed by atoms with Gasteiger partial charge < -0.3 is 14.8 Å². The summed E-state index contributed by atoms with van der Waals surface area (Å²) >= 11 is 0. The molecule has 4 saturated heterocycles. The summed E-state index contributed by atoms with van der Waals surface area (Å²) in [5.41, 5.74) is 0.271. The quantitative estimate of drug-likeness (QED) is 0.796. The van der Waals surface area contributed by atoms with Crippen molar-refractivity contribution in [3.8, 4) is 0 Å². The lowest BCUT2D eigenvalue weighted by atomic mass is 9.91. The summed E-state index contributed by atoms with van der Waals surface area (Å²) in [6, 6.07) is 1.28. The lowest BCUT2D eigenvalue weighted by Crippen LogP contribution is -2.67. The Hall–Kier alpha value is -2.48. The second kappa shape index (κ2) is 5.51. The Kier molecular flexibility index (Phi) is 3.34. The van der Waals surface area contributed by atoms with Crippen LogP contribution < -0.4 is 15.5 Å². The van der Waals surface area contributed by atoms with Crippen molar-refractivity contribution in [2.24, 2.45) is 0 Å². The zero-order chi connectivity index (χ0) is 18.0. The molecular weight excluding hydrogens is 342 g/mol. The molecule has 0 spiro atoms. The molecule has 4 aliphatic heterocycles. The molecule has 0 saturated carbocycles. The van der Waals surface area contributed by atoms with E-state index < -0.39 is 23.6 Å². The van der Waals surface area contributed by atoms with E-state index in [1.54, 1.807) is 0 Å². The van der Waals surface area contributed by atoms with Crippen LogP contribution in [0.15, 0.2) is 18.5 Å². The SMILES string of the molecule is O=C1CCC(n2cc3c(F)cc(N4CC5CC(C4)N5)c(F)c3c2)C(=O)N1. The highest BCUT2D eigenvalue weighted by Crippen LogP contribution is 2.35. The van der Waals surface area contributed by atoms with Crippen molar-refractivity contribution >= 4 is 28.3 Å². The molecule has 5 heterocycles. The summed E-state index contributed by atoms with van der Waals surface area (Å²) in [6.45, 7) is 1.32. The number of imide groups is 1. The highest BCUT2D eigenvalue weighted by molar-refractivity contribution is 6.00. The van der Waals surface area contributed by atoms with Gasteiger partial charge in [0.05, 0.1) is 5.69 Å². The molecule has 8 heteroatoms. The fourth-order valence-corrected chi connectivity index (χ4v) is 4.33. The van der Waals surface area contributed by atoms with Crippen LogP contribution in [0.1, 0.15) is 25.3 Å². The number of benzene rings is 1. The third kappa shape index (κ3) is 2.32. The van der Waals surface area contributed by atoms with E-state index in [0.717, 1.165) is 6.42 Å². The van der Waals surface area contributed by atoms with Gasteiger partial charge in [0.25, 0.3) is 0 Å². The van der Waals surface area contributed by atoms with E-state index in [-0.39, 0.29) is 28.8 Å². The molecule has 4 fully saturated rings. The number of aromatic nitrogens is 1. The summed E-state index contributed by atoms with van der Waals surface area (Å²) in [5, 5.41) is 5.96. The molecule has 2 N–H and O–H groups in total. The topological polar surface area (TPSA) is 66.4 Å². The van der Waals surface area contributed by atoms with Crippen molar-refractivity contribution in [2.75, 3.05) is 18.0 Å². The number of hydrogen-bond acceptors (Lipinski definition) is 4. The predicted octanol–water partition coefficient (Wildman–Crippen LogP) is 1.45. The third-order valence-corrected chi connectivity index (χ3v) is 5.66. The van der Waals surface area contributed by atoms with Crippen LogP contribution in [0, 0.1) is 11.6 Å². The number of piperazine rings is 1. The molecule has 6 rings (SSSR count). The van der Waals surface area contributed by atoms with Gasteiger partial charge in [0.15, 0.2) is 5.82 Å². The summed E-state index contributed by atoms with van der Waals surface area (Å²) in [5.74, 6) is -1.73. The largest absolute Gasteiger partial charge is 0.366 e. The number of fused-ring (bicyclic) bond motifs is 3. The number of anilines is 1. The van der Waals surface area contributed by atoms with Gasteiger partial charge in [-0.2, -0.15) is 0 Å². The van der Waals surface area contributed by atoms with Crippen LogP contribution >= 0.6 is 0 Å². The van der Waals surface area contributed by atoms with E-state index >= 15 is 4.39 Å². The van der Waals surface area contributed by atoms with Crippen molar-refractivity contribution in [1.29, 1.82) is 0 Å². The first-order valence-electron chi connectivity index (χ1n) is 8.83. The van der Waals surface area contributed by atoms with Crippen LogP contribution in [0.3, 0.4) is 0 Å². The molecule has 136 valence electrons. The fourth-order valence-electron chi connectivity index (χ4n) is 4.33. The Bertz CT molecular complexity index is 925. The maximum atomic E-state index is 15.1. The molecule has 3 atom stereocenters. The number of hydrogen-bond donors (Lipinski definition) is 2. The van der Waals surface area contributed by atoms with Crippen LogP contribution in [0.5, 0.6) is 0 Å². The van der Waals surface area contributed by atoms with Gasteiger partial charge >= 0.3 is 0 Å². The normalized spacial score (nSPS) is 28.2. The van der Waals surface area contributed by atoms with E-state index in [4.69, 9.17) is 0 Å². The van der Waals surface area contributed by atoms with Gasteiger partial charge in [-0.3, -0.25) is 14.9 Å². The minimum absolute atomic E-state index is 0.149. The Balaban J connectivity index is 1.54. The maximum Gasteiger partial charge on any atom is 0.249 e. The first-order valence-corrected chi connectivity index (χ1v) is 8.83. The van der Waals surface area contributed by atoms with Crippen LogP contribution in [0.25, 0.3) is 10.8 Å². The summed E-state index contributed by atoms with van der Waals surface area (Å²) in [4.78, 5) is 25.2. The molecule has 2 amide bonds. The molecule has 0 aliphatic carbocycles. The monoisotopic (exact) mass is 360 g/mol. The first-order chi connectivity index (χ1) is 12.5. The number of halogens is 2. The second-order valence-corrected chi connectivity index (χ2v) is 7.39. The lowest BCUT2D eigenvalue weighted by Gasteiger charge is -2.49. The van der Waals surface area contributed by atoms with Crippen molar-refractivity contribution < 1.29 is 18.4 Å². The van der Waals surface area contributed by atoms with Crippen LogP contribution in [-0.2, 0) is 9.59 Å². The van der Waals surface area contributed by atoms with Crippen molar-refractivity contribution in [2.45, 2.75) is 37.4 Å². The van der Waals surface area contributed by atoms with E-state index in [9.17, 15) is 14.0 Å². The maximum absolute atomic E-state index is 15.1. The zero-order valence-corrected chi connectivity index (χ0v) is 14.0. The summed E-state index contributed by atoms with van der Waals surface area (Å²) in [6.07, 6.45) is 4.54. The highest BCUT2D eigenvalue weighted by Gasteiger charge is 2.38. The minimum atomic E-state index is -0.630. The molecule has 6 nitrogen and oxygen atoms in total. The predicted molar refractivity (Wildman–Crippen MR) is 90.8 cm³/mol. The third-order valence-electron chi connectivity index (χ3n) is 5.66. The number of piperidine rings is 2. The van der Waals surface area contributed by atoms with Gasteiger partial charge in [-0.15, -0.1) is 0 Å². The average molecular weight is 360 g/mol. The number of nitrogens with one attached hydrogen (secondary N) is 2. The van der Waals surface area contributed by atoms with Crippen molar-refractivity contribution in [3.63, 3.8) is 0 Å². The van der Waals surface area contributed by atoms with Gasteiger partial charge in [-0.1, -0.05) is 0 Å². The van der Waals surface area contributed by atoms with Crippen LogP contribution in [0.4, 0.5) is 14.5 Å². The van der Waals surface area contributed by atoms with Gasteiger partial charge in [0.1, 0.15) is 11.9 Å². The Labute approximate surface area is 148 Å². The molecule has 3 unspecified atom stereocenters. The van der Waals surface area contributed by atoms with Gasteiger partial charge in [-0.25, -0.2) is 8.78 Å². The molecular formula is C18H18F2N4O2. The molecule has 1 aromatic heterocycles. The number of nitrogens with zero attached hydrogens (tertiary/aromatic N) is 2. The van der Waals surface area contributed by atoms with Gasteiger partial charge in [0.2, 0.25) is 11.8 Å². The van der Waals surface area contributed by atoms with Crippen LogP contribution in [0.2, 0.25) is 0 Å². The van der Waals surface area contributed by atoms with E-state index in [0.29, 0.717) is 31.6 Å². The van der Waals surface area contributed by atoms with E-state index in [1.807, 2.05) is 4.90 Å². The van der Waals surface area contributed by atoms with Crippen molar-refractivity contribution in [1.82, 2.24) is 15.2 Å². The number of rotatable bonds is 2. The van der Waals surface area contributed by atoms with E-state index in [1.165, 1.54) is 23.0 Å². The molecule has 0 radical (unpaired) electrons. The number of amides is 2. The lowest BCUT2D eigenvalue weighted by molar-refractivity contribution is -0.135. The Morgan fingerprint density at radius 3 is 2.46 bits per heavy atom. The molecule has 2 bridgehead atoms. The van der Waals surface area contributed by atoms with Crippen LogP contribution in [-0.4, -0.2) is 41.6 Å². The standard InChI is InChI=1S/C18H18F2N4O2/c19-13-4-15(23-5-9-3-10(6-23)21-9)17(20)12-8-24(7-11(12)13)14-1-2-16(25)22-18(14)26/h4,7-10,14,21H,1-3,5-6H2,(H,22,25,26). The van der Waals surface area contributed by atoms with Crippen molar-refractivity contribution in [3.05, 3.63) is 30.1 Å². The fraction of sp³-hybridized carbons (Fsp3) is 0.444. The molecule has 2 aromatic rings. The van der Waals surface area contributed by atoms with Gasteiger partial charge in [0, 0.05) is 60.8 Å². The zero-order valence-electron chi connectivity index (χ0n) is 14.0. The number of carbonyl (C=O) groups excluding carboxylic acids is 2. The first kappa shape index (κ1) is 15.7. The highest BCUT2D eigenvalue weighted by atomic mass is 19.1. The Morgan fingerprint density at radius 1 is 1.08 bits per heavy atom. The second-order valence-electron chi connectivity index (χ2n) is 7.39. The average Bonchev–Trinajstić information content (AvgIpc) is 3.03. The van der Waals surface area contributed by atoms with E-state index in [2.05, 4.69) is 10.6 Å². The molecule has 1 aromatic carbocycles. The molecule has 26 heavy (non-hydrogen) atoms. The summed E-state index contributed by atoms with van der Waals surface area (Å²) in [7, 11) is 0. The van der Waals surface area contributed by atoms with Gasteiger partial charge in [-0.05, 0) is 12.8 Å². The summed E-state index contributed by atoms with van der Waals surface area (Å²) < 4.78 is 31.3. The number of carbonyl (C=O) groups is 2. The Morgan fingerprint density at radius 2 is 1.77 bits per heavy atom.